The Morgan fingerprint density at radius 1 is 1.50 bits per heavy atom. The second kappa shape index (κ2) is 6.07. The summed E-state index contributed by atoms with van der Waals surface area (Å²) in [7, 11) is 1.61. The quantitative estimate of drug-likeness (QED) is 0.451. The maximum absolute atomic E-state index is 7.61. The molecule has 0 aliphatic rings. The van der Waals surface area contributed by atoms with Crippen molar-refractivity contribution in [2.24, 2.45) is 0 Å². The molecule has 0 spiro atoms. The first-order chi connectivity index (χ1) is 7.72. The first kappa shape index (κ1) is 12.4. The number of hydrogen-bond donors (Lipinski definition) is 2. The van der Waals surface area contributed by atoms with Gasteiger partial charge in [0, 0.05) is 18.8 Å². The molecule has 0 aliphatic carbocycles. The zero-order valence-electron chi connectivity index (χ0n) is 9.83. The molecule has 16 heavy (non-hydrogen) atoms. The molecule has 1 aromatic rings. The van der Waals surface area contributed by atoms with Crippen molar-refractivity contribution in [1.82, 2.24) is 10.5 Å². The number of hydrogen-bond acceptors (Lipinski definition) is 5. The summed E-state index contributed by atoms with van der Waals surface area (Å²) in [6.45, 7) is 4.52. The van der Waals surface area contributed by atoms with Crippen LogP contribution in [-0.4, -0.2) is 24.5 Å². The fourth-order valence-electron chi connectivity index (χ4n) is 1.30. The second-order valence-corrected chi connectivity index (χ2v) is 3.11. The lowest BCUT2D eigenvalue weighted by atomic mass is 10.1. The van der Waals surface area contributed by atoms with E-state index in [0.717, 1.165) is 12.0 Å². The second-order valence-electron chi connectivity index (χ2n) is 3.11. The highest BCUT2D eigenvalue weighted by molar-refractivity contribution is 5.91. The van der Waals surface area contributed by atoms with E-state index >= 15 is 0 Å². The number of nitrogens with one attached hydrogen (secondary N) is 2. The highest BCUT2D eigenvalue weighted by Gasteiger charge is 2.09. The van der Waals surface area contributed by atoms with Crippen LogP contribution in [0.2, 0.25) is 0 Å². The van der Waals surface area contributed by atoms with E-state index in [0.29, 0.717) is 18.1 Å². The molecule has 1 heterocycles. The van der Waals surface area contributed by atoms with E-state index < -0.39 is 0 Å². The minimum atomic E-state index is 0.0488. The Kier molecular flexibility index (Phi) is 4.72. The van der Waals surface area contributed by atoms with Gasteiger partial charge < -0.3 is 9.57 Å². The molecule has 0 atom stereocenters. The highest BCUT2D eigenvalue weighted by atomic mass is 16.6. The van der Waals surface area contributed by atoms with E-state index in [4.69, 9.17) is 15.0 Å². The number of rotatable bonds is 5. The Bertz CT molecular complexity index is 366. The van der Waals surface area contributed by atoms with E-state index in [2.05, 4.69) is 10.5 Å². The molecule has 0 fully saturated rings. The Morgan fingerprint density at radius 2 is 2.25 bits per heavy atom. The molecule has 0 radical (unpaired) electrons. The Balaban J connectivity index is 2.94. The van der Waals surface area contributed by atoms with Gasteiger partial charge in [-0.25, -0.2) is 4.98 Å². The molecule has 1 aromatic heterocycles. The number of ether oxygens (including phenoxy) is 1. The summed E-state index contributed by atoms with van der Waals surface area (Å²) in [5.41, 5.74) is 4.07. The predicted molar refractivity (Wildman–Crippen MR) is 61.8 cm³/mol. The number of aromatic nitrogens is 1. The van der Waals surface area contributed by atoms with Crippen LogP contribution in [0.1, 0.15) is 25.0 Å². The fraction of sp³-hybridized carbons (Fsp3) is 0.455. The topological polar surface area (TPSA) is 67.2 Å². The summed E-state index contributed by atoms with van der Waals surface area (Å²) < 4.78 is 5.38. The Hall–Kier alpha value is -1.62. The van der Waals surface area contributed by atoms with Gasteiger partial charge in [0.15, 0.2) is 0 Å². The van der Waals surface area contributed by atoms with Crippen LogP contribution in [0.3, 0.4) is 0 Å². The zero-order chi connectivity index (χ0) is 12.0. The standard InChI is InChI=1S/C11H17N3O2/c1-4-8-6-9(10(12)16-13-3)7-14-11(8)15-5-2/h6-7,12-13H,4-5H2,1-3H3. The molecule has 0 aromatic carbocycles. The lowest BCUT2D eigenvalue weighted by Crippen LogP contribution is -2.16. The van der Waals surface area contributed by atoms with Gasteiger partial charge in [0.1, 0.15) is 0 Å². The monoisotopic (exact) mass is 223 g/mol. The van der Waals surface area contributed by atoms with Crippen LogP contribution < -0.4 is 10.2 Å². The van der Waals surface area contributed by atoms with Gasteiger partial charge in [-0.05, 0) is 19.4 Å². The summed E-state index contributed by atoms with van der Waals surface area (Å²) in [6.07, 6.45) is 2.38. The SMILES string of the molecule is CCOc1ncc(C(=N)ONC)cc1CC. The van der Waals surface area contributed by atoms with Gasteiger partial charge in [0.2, 0.25) is 11.8 Å². The van der Waals surface area contributed by atoms with E-state index in [1.165, 1.54) is 0 Å². The molecule has 0 unspecified atom stereocenters. The summed E-state index contributed by atoms with van der Waals surface area (Å²) in [5.74, 6) is 0.679. The van der Waals surface area contributed by atoms with Gasteiger partial charge >= 0.3 is 0 Å². The largest absolute Gasteiger partial charge is 0.478 e. The summed E-state index contributed by atoms with van der Waals surface area (Å²) in [6, 6.07) is 1.86. The predicted octanol–water partition coefficient (Wildman–Crippen LogP) is 1.52. The fourth-order valence-corrected chi connectivity index (χ4v) is 1.30. The molecule has 0 bridgehead atoms. The lowest BCUT2D eigenvalue weighted by molar-refractivity contribution is 0.207. The molecule has 2 N–H and O–H groups in total. The van der Waals surface area contributed by atoms with Crippen molar-refractivity contribution in [2.45, 2.75) is 20.3 Å². The number of nitrogens with zero attached hydrogens (tertiary/aromatic N) is 1. The normalized spacial score (nSPS) is 9.94. The first-order valence-corrected chi connectivity index (χ1v) is 5.27. The third kappa shape index (κ3) is 2.93. The van der Waals surface area contributed by atoms with Crippen LogP contribution in [0, 0.1) is 5.41 Å². The van der Waals surface area contributed by atoms with Crippen LogP contribution in [0.5, 0.6) is 5.88 Å². The molecule has 0 saturated heterocycles. The molecule has 5 heteroatoms. The van der Waals surface area contributed by atoms with Crippen LogP contribution in [0.15, 0.2) is 12.3 Å². The van der Waals surface area contributed by atoms with Gasteiger partial charge in [-0.3, -0.25) is 5.41 Å². The van der Waals surface area contributed by atoms with Gasteiger partial charge in [-0.1, -0.05) is 6.92 Å². The molecular weight excluding hydrogens is 206 g/mol. The highest BCUT2D eigenvalue weighted by Crippen LogP contribution is 2.17. The van der Waals surface area contributed by atoms with E-state index in [-0.39, 0.29) is 5.90 Å². The average molecular weight is 223 g/mol. The minimum absolute atomic E-state index is 0.0488. The van der Waals surface area contributed by atoms with Gasteiger partial charge in [0.05, 0.1) is 12.2 Å². The van der Waals surface area contributed by atoms with Crippen molar-refractivity contribution >= 4 is 5.90 Å². The van der Waals surface area contributed by atoms with Gasteiger partial charge in [-0.15, -0.1) is 0 Å². The maximum atomic E-state index is 7.61. The number of pyridine rings is 1. The lowest BCUT2D eigenvalue weighted by Gasteiger charge is -2.10. The third-order valence-electron chi connectivity index (χ3n) is 2.05. The van der Waals surface area contributed by atoms with E-state index in [1.807, 2.05) is 19.9 Å². The zero-order valence-corrected chi connectivity index (χ0v) is 9.83. The van der Waals surface area contributed by atoms with Crippen LogP contribution in [0.25, 0.3) is 0 Å². The first-order valence-electron chi connectivity index (χ1n) is 5.27. The minimum Gasteiger partial charge on any atom is -0.478 e. The molecule has 0 aliphatic heterocycles. The van der Waals surface area contributed by atoms with Gasteiger partial charge in [-0.2, -0.15) is 5.48 Å². The van der Waals surface area contributed by atoms with Crippen molar-refractivity contribution in [1.29, 1.82) is 5.41 Å². The van der Waals surface area contributed by atoms with Crippen LogP contribution in [0.4, 0.5) is 0 Å². The Labute approximate surface area is 95.3 Å². The summed E-state index contributed by atoms with van der Waals surface area (Å²) in [4.78, 5) is 9.05. The van der Waals surface area contributed by atoms with Gasteiger partial charge in [0.25, 0.3) is 0 Å². The molecule has 88 valence electrons. The summed E-state index contributed by atoms with van der Waals surface area (Å²) in [5, 5.41) is 7.61. The Morgan fingerprint density at radius 3 is 2.81 bits per heavy atom. The van der Waals surface area contributed by atoms with Crippen molar-refractivity contribution < 1.29 is 9.57 Å². The third-order valence-corrected chi connectivity index (χ3v) is 2.05. The van der Waals surface area contributed by atoms with Crippen LogP contribution >= 0.6 is 0 Å². The molecule has 5 nitrogen and oxygen atoms in total. The molecule has 0 amide bonds. The average Bonchev–Trinajstić information content (AvgIpc) is 2.30. The number of aryl methyl sites for hydroxylation is 1. The molecular formula is C11H17N3O2. The maximum Gasteiger partial charge on any atom is 0.239 e. The van der Waals surface area contributed by atoms with Crippen LogP contribution in [-0.2, 0) is 11.3 Å². The van der Waals surface area contributed by atoms with Crippen molar-refractivity contribution in [3.05, 3.63) is 23.4 Å². The number of hydroxylamine groups is 1. The smallest absolute Gasteiger partial charge is 0.239 e. The molecule has 1 rings (SSSR count). The van der Waals surface area contributed by atoms with Crippen molar-refractivity contribution in [3.63, 3.8) is 0 Å². The van der Waals surface area contributed by atoms with E-state index in [9.17, 15) is 0 Å². The van der Waals surface area contributed by atoms with Crippen molar-refractivity contribution in [2.75, 3.05) is 13.7 Å². The van der Waals surface area contributed by atoms with Crippen molar-refractivity contribution in [3.8, 4) is 5.88 Å². The van der Waals surface area contributed by atoms with E-state index in [1.54, 1.807) is 13.2 Å². The molecule has 0 saturated carbocycles. The summed E-state index contributed by atoms with van der Waals surface area (Å²) >= 11 is 0.